The lowest BCUT2D eigenvalue weighted by Gasteiger charge is -2.15. The highest BCUT2D eigenvalue weighted by Gasteiger charge is 2.20. The van der Waals surface area contributed by atoms with E-state index in [4.69, 9.17) is 11.6 Å². The van der Waals surface area contributed by atoms with Crippen LogP contribution in [0.3, 0.4) is 0 Å². The molecule has 4 rings (SSSR count). The van der Waals surface area contributed by atoms with Crippen LogP contribution in [0.2, 0.25) is 5.02 Å². The maximum Gasteiger partial charge on any atom is 0.267 e. The number of halogens is 1. The van der Waals surface area contributed by atoms with Crippen molar-refractivity contribution < 1.29 is 9.59 Å². The molecule has 3 aromatic heterocycles. The quantitative estimate of drug-likeness (QED) is 0.372. The third kappa shape index (κ3) is 5.00. The lowest BCUT2D eigenvalue weighted by atomic mass is 10.2. The number of thiazole rings is 1. The first-order valence-electron chi connectivity index (χ1n) is 10.6. The number of pyridine rings is 1. The Labute approximate surface area is 206 Å². The van der Waals surface area contributed by atoms with Gasteiger partial charge in [-0.2, -0.15) is 5.10 Å². The molecule has 2 N–H and O–H groups in total. The largest absolute Gasteiger partial charge is 0.323 e. The summed E-state index contributed by atoms with van der Waals surface area (Å²) in [6.45, 7) is 7.34. The molecule has 0 radical (unpaired) electrons. The minimum absolute atomic E-state index is 0.243. The average molecular weight is 495 g/mol. The number of anilines is 2. The maximum absolute atomic E-state index is 12.9. The summed E-state index contributed by atoms with van der Waals surface area (Å²) in [4.78, 5) is 34.8. The number of aryl methyl sites for hydroxylation is 3. The van der Waals surface area contributed by atoms with Gasteiger partial charge in [0.15, 0.2) is 0 Å². The monoisotopic (exact) mass is 494 g/mol. The van der Waals surface area contributed by atoms with Gasteiger partial charge in [-0.25, -0.2) is 4.98 Å². The van der Waals surface area contributed by atoms with Gasteiger partial charge in [0, 0.05) is 17.6 Å². The SMILES string of the molecule is Cc1cc(C)n(C(C)C(=O)Nc2ccc(NC(=O)c3sc(-c4ccccn4)nc3C)cc2Cl)n1. The number of nitrogens with zero attached hydrogens (tertiary/aromatic N) is 4. The molecule has 0 bridgehead atoms. The number of amides is 2. The topological polar surface area (TPSA) is 102 Å². The van der Waals surface area contributed by atoms with Crippen LogP contribution < -0.4 is 10.6 Å². The number of carbonyl (C=O) groups excluding carboxylic acids is 2. The molecule has 0 saturated heterocycles. The summed E-state index contributed by atoms with van der Waals surface area (Å²) < 4.78 is 1.67. The van der Waals surface area contributed by atoms with Crippen molar-refractivity contribution in [3.8, 4) is 10.7 Å². The van der Waals surface area contributed by atoms with Gasteiger partial charge in [0.2, 0.25) is 5.91 Å². The molecule has 3 heterocycles. The van der Waals surface area contributed by atoms with E-state index in [0.717, 1.165) is 11.4 Å². The van der Waals surface area contributed by atoms with E-state index in [0.29, 0.717) is 37.7 Å². The van der Waals surface area contributed by atoms with Gasteiger partial charge >= 0.3 is 0 Å². The van der Waals surface area contributed by atoms with Crippen LogP contribution in [0.1, 0.15) is 39.7 Å². The zero-order valence-corrected chi connectivity index (χ0v) is 20.7. The van der Waals surface area contributed by atoms with Gasteiger partial charge in [0.25, 0.3) is 5.91 Å². The zero-order valence-electron chi connectivity index (χ0n) is 19.1. The number of carbonyl (C=O) groups is 2. The third-order valence-electron chi connectivity index (χ3n) is 5.16. The fourth-order valence-electron chi connectivity index (χ4n) is 3.47. The predicted octanol–water partition coefficient (Wildman–Crippen LogP) is 5.43. The highest BCUT2D eigenvalue weighted by atomic mass is 35.5. The van der Waals surface area contributed by atoms with Crippen molar-refractivity contribution in [1.29, 1.82) is 0 Å². The molecule has 1 unspecified atom stereocenters. The summed E-state index contributed by atoms with van der Waals surface area (Å²) in [6.07, 6.45) is 1.69. The highest BCUT2D eigenvalue weighted by Crippen LogP contribution is 2.29. The number of aromatic nitrogens is 4. The Morgan fingerprint density at radius 2 is 1.88 bits per heavy atom. The highest BCUT2D eigenvalue weighted by molar-refractivity contribution is 7.17. The van der Waals surface area contributed by atoms with E-state index in [1.54, 1.807) is 42.9 Å². The molecule has 0 aliphatic rings. The Hall–Kier alpha value is -3.56. The molecule has 8 nitrogen and oxygen atoms in total. The molecular formula is C24H23ClN6O2S. The van der Waals surface area contributed by atoms with Crippen LogP contribution in [-0.4, -0.2) is 31.6 Å². The second-order valence-electron chi connectivity index (χ2n) is 7.83. The smallest absolute Gasteiger partial charge is 0.267 e. The minimum Gasteiger partial charge on any atom is -0.323 e. The molecule has 0 aliphatic heterocycles. The fourth-order valence-corrected chi connectivity index (χ4v) is 4.64. The van der Waals surface area contributed by atoms with Gasteiger partial charge in [0.05, 0.1) is 27.8 Å². The van der Waals surface area contributed by atoms with Crippen molar-refractivity contribution in [3.05, 3.63) is 75.6 Å². The van der Waals surface area contributed by atoms with Crippen LogP contribution in [0.25, 0.3) is 10.7 Å². The summed E-state index contributed by atoms with van der Waals surface area (Å²) in [7, 11) is 0. The van der Waals surface area contributed by atoms with Crippen molar-refractivity contribution in [2.45, 2.75) is 33.7 Å². The van der Waals surface area contributed by atoms with E-state index in [1.807, 2.05) is 38.1 Å². The molecule has 1 atom stereocenters. The van der Waals surface area contributed by atoms with Crippen molar-refractivity contribution >= 4 is 46.1 Å². The van der Waals surface area contributed by atoms with Crippen LogP contribution in [0.15, 0.2) is 48.7 Å². The molecular weight excluding hydrogens is 472 g/mol. The van der Waals surface area contributed by atoms with Gasteiger partial charge < -0.3 is 10.6 Å². The molecule has 1 aromatic carbocycles. The van der Waals surface area contributed by atoms with Crippen LogP contribution in [0.5, 0.6) is 0 Å². The summed E-state index contributed by atoms with van der Waals surface area (Å²) in [5.74, 6) is -0.532. The number of hydrogen-bond acceptors (Lipinski definition) is 6. The van der Waals surface area contributed by atoms with E-state index < -0.39 is 6.04 Å². The third-order valence-corrected chi connectivity index (χ3v) is 6.65. The first kappa shape index (κ1) is 23.6. The fraction of sp³-hybridized carbons (Fsp3) is 0.208. The van der Waals surface area contributed by atoms with Gasteiger partial charge in [0.1, 0.15) is 15.9 Å². The lowest BCUT2D eigenvalue weighted by molar-refractivity contribution is -0.119. The summed E-state index contributed by atoms with van der Waals surface area (Å²) in [6, 6.07) is 11.9. The molecule has 4 aromatic rings. The number of rotatable bonds is 6. The predicted molar refractivity (Wildman–Crippen MR) is 135 cm³/mol. The van der Waals surface area contributed by atoms with Crippen molar-refractivity contribution in [2.75, 3.05) is 10.6 Å². The molecule has 174 valence electrons. The molecule has 0 saturated carbocycles. The standard InChI is InChI=1S/C24H23ClN6O2S/c1-13-11-14(2)31(30-13)16(4)22(32)29-19-9-8-17(12-18(19)25)28-23(33)21-15(3)27-24(34-21)20-7-5-6-10-26-20/h5-12,16H,1-4H3,(H,28,33)(H,29,32). The summed E-state index contributed by atoms with van der Waals surface area (Å²) in [5, 5.41) is 11.0. The Bertz CT molecular complexity index is 1370. The van der Waals surface area contributed by atoms with E-state index in [-0.39, 0.29) is 11.8 Å². The Kier molecular flexibility index (Phi) is 6.76. The maximum atomic E-state index is 12.9. The lowest BCUT2D eigenvalue weighted by Crippen LogP contribution is -2.25. The molecule has 34 heavy (non-hydrogen) atoms. The van der Waals surface area contributed by atoms with Crippen molar-refractivity contribution in [2.24, 2.45) is 0 Å². The zero-order chi connectivity index (χ0) is 24.4. The van der Waals surface area contributed by atoms with Crippen LogP contribution in [-0.2, 0) is 4.79 Å². The average Bonchev–Trinajstić information content (AvgIpc) is 3.36. The van der Waals surface area contributed by atoms with Gasteiger partial charge in [-0.1, -0.05) is 17.7 Å². The molecule has 0 fully saturated rings. The Morgan fingerprint density at radius 3 is 2.53 bits per heavy atom. The van der Waals surface area contributed by atoms with Gasteiger partial charge in [-0.3, -0.25) is 19.3 Å². The summed E-state index contributed by atoms with van der Waals surface area (Å²) in [5.41, 5.74) is 4.03. The molecule has 2 amide bonds. The van der Waals surface area contributed by atoms with Crippen LogP contribution >= 0.6 is 22.9 Å². The van der Waals surface area contributed by atoms with E-state index >= 15 is 0 Å². The number of nitrogens with one attached hydrogen (secondary N) is 2. The van der Waals surface area contributed by atoms with Crippen molar-refractivity contribution in [1.82, 2.24) is 19.7 Å². The molecule has 0 aliphatic carbocycles. The second-order valence-corrected chi connectivity index (χ2v) is 9.24. The first-order valence-corrected chi connectivity index (χ1v) is 11.8. The Morgan fingerprint density at radius 1 is 1.09 bits per heavy atom. The Balaban J connectivity index is 1.45. The normalized spacial score (nSPS) is 11.8. The van der Waals surface area contributed by atoms with E-state index in [1.165, 1.54) is 11.3 Å². The van der Waals surface area contributed by atoms with Crippen molar-refractivity contribution in [3.63, 3.8) is 0 Å². The van der Waals surface area contributed by atoms with Gasteiger partial charge in [-0.15, -0.1) is 11.3 Å². The van der Waals surface area contributed by atoms with E-state index in [9.17, 15) is 9.59 Å². The molecule has 10 heteroatoms. The van der Waals surface area contributed by atoms with Gasteiger partial charge in [-0.05, 0) is 64.1 Å². The van der Waals surface area contributed by atoms with E-state index in [2.05, 4.69) is 25.7 Å². The minimum atomic E-state index is -0.508. The first-order chi connectivity index (χ1) is 16.2. The number of benzene rings is 1. The number of hydrogen-bond donors (Lipinski definition) is 2. The molecule has 0 spiro atoms. The second kappa shape index (κ2) is 9.74. The summed E-state index contributed by atoms with van der Waals surface area (Å²) >= 11 is 7.67. The van der Waals surface area contributed by atoms with Crippen LogP contribution in [0, 0.1) is 20.8 Å². The van der Waals surface area contributed by atoms with Crippen LogP contribution in [0.4, 0.5) is 11.4 Å².